The number of benzene rings is 1. The van der Waals surface area contributed by atoms with Crippen LogP contribution in [0.5, 0.6) is 0 Å². The van der Waals surface area contributed by atoms with Crippen molar-refractivity contribution < 1.29 is 26.4 Å². The highest BCUT2D eigenvalue weighted by Gasteiger charge is 2.36. The molecule has 1 aliphatic heterocycles. The Balaban J connectivity index is 2.15. The van der Waals surface area contributed by atoms with Crippen molar-refractivity contribution in [3.63, 3.8) is 0 Å². The Morgan fingerprint density at radius 2 is 1.96 bits per heavy atom. The number of carbonyl (C=O) groups excluding carboxylic acids is 1. The summed E-state index contributed by atoms with van der Waals surface area (Å²) in [7, 11) is -4.12. The molecule has 1 heterocycles. The quantitative estimate of drug-likeness (QED) is 0.778. The molecule has 2 rings (SSSR count). The molecule has 1 aromatic rings. The number of nitrogens with zero attached hydrogens (tertiary/aromatic N) is 1. The van der Waals surface area contributed by atoms with Crippen LogP contribution < -0.4 is 5.32 Å². The predicted molar refractivity (Wildman–Crippen MR) is 89.8 cm³/mol. The van der Waals surface area contributed by atoms with Crippen molar-refractivity contribution in [1.29, 1.82) is 0 Å². The molecule has 1 aliphatic rings. The first-order valence-electron chi connectivity index (χ1n) is 7.65. The Bertz CT molecular complexity index is 826. The lowest BCUT2D eigenvalue weighted by atomic mass is 9.97. The maximum Gasteiger partial charge on any atom is 0.417 e. The van der Waals surface area contributed by atoms with Crippen molar-refractivity contribution >= 4 is 27.5 Å². The Hall–Kier alpha value is -1.76. The van der Waals surface area contributed by atoms with Gasteiger partial charge in [-0.1, -0.05) is 17.5 Å². The molecule has 5 nitrogen and oxygen atoms in total. The van der Waals surface area contributed by atoms with Gasteiger partial charge in [0.1, 0.15) is 0 Å². The number of alkyl halides is 3. The number of hydrogen-bond acceptors (Lipinski definition) is 3. The van der Waals surface area contributed by atoms with E-state index in [1.807, 2.05) is 0 Å². The topological polar surface area (TPSA) is 66.5 Å². The molecule has 1 saturated heterocycles. The second kappa shape index (κ2) is 7.86. The standard InChI is InChI=1S/C16H16ClF3N2O3S/c1-2-7-21-15(23)11-5-8-22(9-6-11)26(24,25)12-3-4-14(17)13(10-12)16(18,19)20/h1,3-4,10-11H,5-9H2,(H,21,23). The fourth-order valence-corrected chi connectivity index (χ4v) is 4.39. The highest BCUT2D eigenvalue weighted by atomic mass is 35.5. The molecule has 0 radical (unpaired) electrons. The van der Waals surface area contributed by atoms with Crippen molar-refractivity contribution in [2.24, 2.45) is 5.92 Å². The van der Waals surface area contributed by atoms with Gasteiger partial charge in [-0.25, -0.2) is 8.42 Å². The first-order chi connectivity index (χ1) is 12.1. The summed E-state index contributed by atoms with van der Waals surface area (Å²) in [6.45, 7) is 0.142. The number of terminal acetylenes is 1. The molecule has 0 saturated carbocycles. The molecule has 10 heteroatoms. The number of halogens is 4. The second-order valence-corrected chi connectivity index (χ2v) is 8.08. The molecule has 26 heavy (non-hydrogen) atoms. The van der Waals surface area contributed by atoms with Crippen LogP contribution in [0.2, 0.25) is 5.02 Å². The Morgan fingerprint density at radius 3 is 2.50 bits per heavy atom. The summed E-state index contributed by atoms with van der Waals surface area (Å²) in [5, 5.41) is 1.97. The molecule has 1 N–H and O–H groups in total. The van der Waals surface area contributed by atoms with E-state index >= 15 is 0 Å². The largest absolute Gasteiger partial charge is 0.417 e. The summed E-state index contributed by atoms with van der Waals surface area (Å²) in [5.74, 6) is 1.63. The minimum Gasteiger partial charge on any atom is -0.345 e. The summed E-state index contributed by atoms with van der Waals surface area (Å²) < 4.78 is 65.1. The lowest BCUT2D eigenvalue weighted by Crippen LogP contribution is -2.43. The average molecular weight is 409 g/mol. The van der Waals surface area contributed by atoms with Crippen LogP contribution in [0.3, 0.4) is 0 Å². The van der Waals surface area contributed by atoms with Crippen molar-refractivity contribution in [2.45, 2.75) is 23.9 Å². The van der Waals surface area contributed by atoms with Gasteiger partial charge in [-0.05, 0) is 31.0 Å². The summed E-state index contributed by atoms with van der Waals surface area (Å²) in [6, 6.07) is 2.49. The summed E-state index contributed by atoms with van der Waals surface area (Å²) in [6.07, 6.45) is 0.821. The van der Waals surface area contributed by atoms with Gasteiger partial charge in [0.25, 0.3) is 0 Å². The van der Waals surface area contributed by atoms with Crippen molar-refractivity contribution in [3.8, 4) is 12.3 Å². The molecular formula is C16H16ClF3N2O3S. The Labute approximate surface area is 154 Å². The SMILES string of the molecule is C#CCNC(=O)C1CCN(S(=O)(=O)c2ccc(Cl)c(C(F)(F)F)c2)CC1. The van der Waals surface area contributed by atoms with E-state index in [9.17, 15) is 26.4 Å². The molecule has 142 valence electrons. The van der Waals surface area contributed by atoms with Gasteiger partial charge >= 0.3 is 6.18 Å². The van der Waals surface area contributed by atoms with Gasteiger partial charge in [-0.2, -0.15) is 17.5 Å². The van der Waals surface area contributed by atoms with Crippen LogP contribution >= 0.6 is 11.6 Å². The molecule has 0 atom stereocenters. The van der Waals surface area contributed by atoms with Gasteiger partial charge in [0, 0.05) is 19.0 Å². The number of piperidine rings is 1. The summed E-state index contributed by atoms with van der Waals surface area (Å²) >= 11 is 5.53. The van der Waals surface area contributed by atoms with Crippen molar-refractivity contribution in [3.05, 3.63) is 28.8 Å². The Morgan fingerprint density at radius 1 is 1.35 bits per heavy atom. The van der Waals surface area contributed by atoms with Gasteiger partial charge in [-0.15, -0.1) is 6.42 Å². The van der Waals surface area contributed by atoms with Gasteiger partial charge < -0.3 is 5.32 Å². The molecule has 0 spiro atoms. The molecular weight excluding hydrogens is 393 g/mol. The van der Waals surface area contributed by atoms with E-state index < -0.39 is 31.7 Å². The third-order valence-corrected chi connectivity index (χ3v) is 6.29. The van der Waals surface area contributed by atoms with Gasteiger partial charge in [0.15, 0.2) is 0 Å². The molecule has 0 unspecified atom stereocenters. The van der Waals surface area contributed by atoms with Gasteiger partial charge in [-0.3, -0.25) is 4.79 Å². The van der Waals surface area contributed by atoms with E-state index in [-0.39, 0.29) is 44.3 Å². The zero-order valence-electron chi connectivity index (χ0n) is 13.5. The van der Waals surface area contributed by atoms with E-state index in [0.29, 0.717) is 6.07 Å². The van der Waals surface area contributed by atoms with Crippen molar-refractivity contribution in [2.75, 3.05) is 19.6 Å². The van der Waals surface area contributed by atoms with Crippen LogP contribution in [0.1, 0.15) is 18.4 Å². The highest BCUT2D eigenvalue weighted by molar-refractivity contribution is 7.89. The van der Waals surface area contributed by atoms with E-state index in [4.69, 9.17) is 18.0 Å². The zero-order valence-corrected chi connectivity index (χ0v) is 15.1. The number of amides is 1. The van der Waals surface area contributed by atoms with E-state index in [1.54, 1.807) is 0 Å². The van der Waals surface area contributed by atoms with Crippen LogP contribution in [-0.2, 0) is 21.0 Å². The third-order valence-electron chi connectivity index (χ3n) is 4.07. The lowest BCUT2D eigenvalue weighted by molar-refractivity contribution is -0.137. The fourth-order valence-electron chi connectivity index (χ4n) is 2.67. The smallest absolute Gasteiger partial charge is 0.345 e. The first kappa shape index (κ1) is 20.6. The molecule has 0 aliphatic carbocycles. The first-order valence-corrected chi connectivity index (χ1v) is 9.47. The molecule has 1 amide bonds. The second-order valence-electron chi connectivity index (χ2n) is 5.74. The van der Waals surface area contributed by atoms with Crippen LogP contribution in [0.15, 0.2) is 23.1 Å². The number of sulfonamides is 1. The van der Waals surface area contributed by atoms with E-state index in [0.717, 1.165) is 16.4 Å². The molecule has 0 bridgehead atoms. The third kappa shape index (κ3) is 4.50. The van der Waals surface area contributed by atoms with Crippen LogP contribution in [-0.4, -0.2) is 38.3 Å². The monoisotopic (exact) mass is 408 g/mol. The normalized spacial score (nSPS) is 16.9. The van der Waals surface area contributed by atoms with Crippen LogP contribution in [0, 0.1) is 18.3 Å². The molecule has 1 aromatic carbocycles. The number of nitrogens with one attached hydrogen (secondary N) is 1. The minimum absolute atomic E-state index is 0.0282. The summed E-state index contributed by atoms with van der Waals surface area (Å²) in [4.78, 5) is 11.4. The molecule has 0 aromatic heterocycles. The van der Waals surface area contributed by atoms with E-state index in [1.165, 1.54) is 0 Å². The summed E-state index contributed by atoms with van der Waals surface area (Å²) in [5.41, 5.74) is -1.20. The van der Waals surface area contributed by atoms with Gasteiger partial charge in [0.2, 0.25) is 15.9 Å². The maximum absolute atomic E-state index is 12.9. The number of rotatable bonds is 4. The predicted octanol–water partition coefficient (Wildman–Crippen LogP) is 2.51. The van der Waals surface area contributed by atoms with Crippen LogP contribution in [0.4, 0.5) is 13.2 Å². The maximum atomic E-state index is 12.9. The fraction of sp³-hybridized carbons (Fsp3) is 0.438. The van der Waals surface area contributed by atoms with Gasteiger partial charge in [0.05, 0.1) is 22.0 Å². The average Bonchev–Trinajstić information content (AvgIpc) is 2.59. The lowest BCUT2D eigenvalue weighted by Gasteiger charge is -2.30. The van der Waals surface area contributed by atoms with Crippen molar-refractivity contribution in [1.82, 2.24) is 9.62 Å². The zero-order chi connectivity index (χ0) is 19.5. The number of carbonyl (C=O) groups is 1. The number of hydrogen-bond donors (Lipinski definition) is 1. The van der Waals surface area contributed by atoms with Crippen LogP contribution in [0.25, 0.3) is 0 Å². The minimum atomic E-state index is -4.76. The highest BCUT2D eigenvalue weighted by Crippen LogP contribution is 2.36. The Kier molecular flexibility index (Phi) is 6.21. The van der Waals surface area contributed by atoms with E-state index in [2.05, 4.69) is 11.2 Å². The molecule has 1 fully saturated rings.